The predicted molar refractivity (Wildman–Crippen MR) is 99.3 cm³/mol. The average molecular weight is 382 g/mol. The van der Waals surface area contributed by atoms with Gasteiger partial charge in [-0.3, -0.25) is 4.79 Å². The van der Waals surface area contributed by atoms with Crippen LogP contribution in [0.3, 0.4) is 0 Å². The number of nitrogens with one attached hydrogen (secondary N) is 1. The van der Waals surface area contributed by atoms with E-state index in [0.717, 1.165) is 0 Å². The molecule has 140 valence electrons. The fourth-order valence-electron chi connectivity index (χ4n) is 2.31. The van der Waals surface area contributed by atoms with Crippen molar-refractivity contribution >= 4 is 23.2 Å². The number of rotatable bonds is 8. The Morgan fingerprint density at radius 3 is 2.15 bits per heavy atom. The molecule has 0 saturated carbocycles. The van der Waals surface area contributed by atoms with Crippen LogP contribution in [0, 0.1) is 5.82 Å². The molecule has 0 saturated heterocycles. The van der Waals surface area contributed by atoms with Crippen LogP contribution in [-0.2, 0) is 0 Å². The van der Waals surface area contributed by atoms with Crippen molar-refractivity contribution in [2.45, 2.75) is 20.8 Å². The SMILES string of the molecule is CCOc1cc(C(=O)Nc2cccc(Cl)c2F)cc(OCC)c1OCC. The van der Waals surface area contributed by atoms with Crippen molar-refractivity contribution in [3.8, 4) is 17.2 Å². The highest BCUT2D eigenvalue weighted by atomic mass is 35.5. The lowest BCUT2D eigenvalue weighted by atomic mass is 10.1. The zero-order valence-electron chi connectivity index (χ0n) is 14.9. The monoisotopic (exact) mass is 381 g/mol. The van der Waals surface area contributed by atoms with E-state index in [4.69, 9.17) is 25.8 Å². The van der Waals surface area contributed by atoms with Gasteiger partial charge in [0.05, 0.1) is 30.5 Å². The number of carbonyl (C=O) groups excluding carboxylic acids is 1. The van der Waals surface area contributed by atoms with Gasteiger partial charge < -0.3 is 19.5 Å². The van der Waals surface area contributed by atoms with Gasteiger partial charge in [0.1, 0.15) is 0 Å². The summed E-state index contributed by atoms with van der Waals surface area (Å²) in [5.41, 5.74) is 0.243. The molecule has 5 nitrogen and oxygen atoms in total. The van der Waals surface area contributed by atoms with E-state index >= 15 is 0 Å². The maximum absolute atomic E-state index is 14.0. The van der Waals surface area contributed by atoms with Crippen LogP contribution in [0.15, 0.2) is 30.3 Å². The molecular weight excluding hydrogens is 361 g/mol. The van der Waals surface area contributed by atoms with E-state index in [-0.39, 0.29) is 16.3 Å². The zero-order chi connectivity index (χ0) is 19.1. The summed E-state index contributed by atoms with van der Waals surface area (Å²) in [4.78, 5) is 12.6. The third-order valence-electron chi connectivity index (χ3n) is 3.37. The first-order chi connectivity index (χ1) is 12.5. The minimum atomic E-state index is -0.691. The van der Waals surface area contributed by atoms with Crippen LogP contribution in [0.1, 0.15) is 31.1 Å². The fraction of sp³-hybridized carbons (Fsp3) is 0.316. The van der Waals surface area contributed by atoms with Crippen molar-refractivity contribution in [2.75, 3.05) is 25.1 Å². The Balaban J connectivity index is 2.40. The van der Waals surface area contributed by atoms with Crippen molar-refractivity contribution in [1.29, 1.82) is 0 Å². The molecule has 0 heterocycles. The normalized spacial score (nSPS) is 10.3. The maximum atomic E-state index is 14.0. The maximum Gasteiger partial charge on any atom is 0.256 e. The van der Waals surface area contributed by atoms with Gasteiger partial charge in [0.2, 0.25) is 5.75 Å². The lowest BCUT2D eigenvalue weighted by molar-refractivity contribution is 0.102. The van der Waals surface area contributed by atoms with E-state index < -0.39 is 11.7 Å². The summed E-state index contributed by atoms with van der Waals surface area (Å²) in [5, 5.41) is 2.44. The van der Waals surface area contributed by atoms with Gasteiger partial charge in [0, 0.05) is 5.56 Å². The van der Waals surface area contributed by atoms with E-state index in [1.165, 1.54) is 24.3 Å². The van der Waals surface area contributed by atoms with E-state index in [1.807, 2.05) is 20.8 Å². The highest BCUT2D eigenvalue weighted by Gasteiger charge is 2.19. The Morgan fingerprint density at radius 2 is 1.62 bits per heavy atom. The first-order valence-electron chi connectivity index (χ1n) is 8.33. The molecule has 1 N–H and O–H groups in total. The molecule has 0 aliphatic carbocycles. The summed E-state index contributed by atoms with van der Waals surface area (Å²) >= 11 is 5.75. The second-order valence-electron chi connectivity index (χ2n) is 5.16. The summed E-state index contributed by atoms with van der Waals surface area (Å²) in [5.74, 6) is -0.00430. The fourth-order valence-corrected chi connectivity index (χ4v) is 2.49. The number of hydrogen-bond donors (Lipinski definition) is 1. The zero-order valence-corrected chi connectivity index (χ0v) is 15.7. The van der Waals surface area contributed by atoms with Gasteiger partial charge in [-0.25, -0.2) is 4.39 Å². The number of halogens is 2. The summed E-state index contributed by atoms with van der Waals surface area (Å²) in [6, 6.07) is 7.46. The molecule has 0 aliphatic heterocycles. The minimum Gasteiger partial charge on any atom is -0.490 e. The molecule has 0 bridgehead atoms. The number of amides is 1. The molecule has 0 spiro atoms. The Labute approximate surface area is 157 Å². The highest BCUT2D eigenvalue weighted by molar-refractivity contribution is 6.31. The number of ether oxygens (including phenoxy) is 3. The Kier molecular flexibility index (Phi) is 7.09. The van der Waals surface area contributed by atoms with Gasteiger partial charge in [0.25, 0.3) is 5.91 Å². The second kappa shape index (κ2) is 9.29. The van der Waals surface area contributed by atoms with E-state index in [1.54, 1.807) is 6.07 Å². The molecule has 1 amide bonds. The van der Waals surface area contributed by atoms with Crippen LogP contribution in [0.4, 0.5) is 10.1 Å². The van der Waals surface area contributed by atoms with Gasteiger partial charge in [-0.1, -0.05) is 17.7 Å². The van der Waals surface area contributed by atoms with Crippen LogP contribution in [-0.4, -0.2) is 25.7 Å². The molecule has 0 aliphatic rings. The third kappa shape index (κ3) is 4.58. The van der Waals surface area contributed by atoms with Crippen molar-refractivity contribution in [2.24, 2.45) is 0 Å². The van der Waals surface area contributed by atoms with Crippen molar-refractivity contribution < 1.29 is 23.4 Å². The summed E-state index contributed by atoms with van der Waals surface area (Å²) in [7, 11) is 0. The summed E-state index contributed by atoms with van der Waals surface area (Å²) < 4.78 is 30.8. The number of anilines is 1. The van der Waals surface area contributed by atoms with Crippen molar-refractivity contribution in [1.82, 2.24) is 0 Å². The number of carbonyl (C=O) groups is 1. The van der Waals surface area contributed by atoms with E-state index in [0.29, 0.717) is 37.1 Å². The molecule has 7 heteroatoms. The van der Waals surface area contributed by atoms with Gasteiger partial charge >= 0.3 is 0 Å². The molecule has 0 fully saturated rings. The lowest BCUT2D eigenvalue weighted by Gasteiger charge is -2.17. The van der Waals surface area contributed by atoms with Crippen LogP contribution in [0.5, 0.6) is 17.2 Å². The molecule has 0 radical (unpaired) electrons. The van der Waals surface area contributed by atoms with Crippen LogP contribution in [0.2, 0.25) is 5.02 Å². The quantitative estimate of drug-likeness (QED) is 0.704. The molecule has 0 aromatic heterocycles. The van der Waals surface area contributed by atoms with E-state index in [9.17, 15) is 9.18 Å². The van der Waals surface area contributed by atoms with Crippen LogP contribution in [0.25, 0.3) is 0 Å². The van der Waals surface area contributed by atoms with Gasteiger partial charge in [0.15, 0.2) is 17.3 Å². The Bertz CT molecular complexity index is 755. The van der Waals surface area contributed by atoms with Crippen molar-refractivity contribution in [3.63, 3.8) is 0 Å². The largest absolute Gasteiger partial charge is 0.490 e. The minimum absolute atomic E-state index is 0.00713. The van der Waals surface area contributed by atoms with Gasteiger partial charge in [-0.05, 0) is 45.0 Å². The van der Waals surface area contributed by atoms with Crippen LogP contribution < -0.4 is 19.5 Å². The second-order valence-corrected chi connectivity index (χ2v) is 5.56. The molecule has 2 aromatic rings. The Hall–Kier alpha value is -2.47. The molecule has 26 heavy (non-hydrogen) atoms. The molecule has 2 rings (SSSR count). The standard InChI is InChI=1S/C19H21ClFNO4/c1-4-24-15-10-12(11-16(25-5-2)18(15)26-6-3)19(23)22-14-9-7-8-13(20)17(14)21/h7-11H,4-6H2,1-3H3,(H,22,23). The molecular formula is C19H21ClFNO4. The molecule has 2 aromatic carbocycles. The van der Waals surface area contributed by atoms with Gasteiger partial charge in [-0.2, -0.15) is 0 Å². The number of hydrogen-bond acceptors (Lipinski definition) is 4. The van der Waals surface area contributed by atoms with Crippen LogP contribution >= 0.6 is 11.6 Å². The first-order valence-corrected chi connectivity index (χ1v) is 8.71. The first kappa shape index (κ1) is 19.8. The smallest absolute Gasteiger partial charge is 0.256 e. The average Bonchev–Trinajstić information content (AvgIpc) is 2.61. The molecule has 0 unspecified atom stereocenters. The predicted octanol–water partition coefficient (Wildman–Crippen LogP) is 4.93. The molecule has 0 atom stereocenters. The summed E-state index contributed by atoms with van der Waals surface area (Å²) in [6.07, 6.45) is 0. The van der Waals surface area contributed by atoms with E-state index in [2.05, 4.69) is 5.32 Å². The lowest BCUT2D eigenvalue weighted by Crippen LogP contribution is -2.14. The number of benzene rings is 2. The topological polar surface area (TPSA) is 56.8 Å². The summed E-state index contributed by atoms with van der Waals surface area (Å²) in [6.45, 7) is 6.68. The Morgan fingerprint density at radius 1 is 1.04 bits per heavy atom. The van der Waals surface area contributed by atoms with Crippen molar-refractivity contribution in [3.05, 3.63) is 46.7 Å². The highest BCUT2D eigenvalue weighted by Crippen LogP contribution is 2.39. The van der Waals surface area contributed by atoms with Gasteiger partial charge in [-0.15, -0.1) is 0 Å². The third-order valence-corrected chi connectivity index (χ3v) is 3.66.